The molecule has 3 rings (SSSR count). The van der Waals surface area contributed by atoms with Crippen LogP contribution in [0, 0.1) is 0 Å². The van der Waals surface area contributed by atoms with Crippen molar-refractivity contribution in [3.05, 3.63) is 44.3 Å². The van der Waals surface area contributed by atoms with Gasteiger partial charge in [-0.25, -0.2) is 0 Å². The fraction of sp³-hybridized carbons (Fsp3) is 0.375. The summed E-state index contributed by atoms with van der Waals surface area (Å²) in [6.45, 7) is 4.52. The lowest BCUT2D eigenvalue weighted by atomic mass is 10.0. The third kappa shape index (κ3) is 2.80. The molecule has 0 spiro atoms. The molecule has 2 aromatic rings. The van der Waals surface area contributed by atoms with Crippen molar-refractivity contribution in [3.8, 4) is 0 Å². The van der Waals surface area contributed by atoms with E-state index in [0.29, 0.717) is 11.4 Å². The summed E-state index contributed by atoms with van der Waals surface area (Å²) in [5.41, 5.74) is 1.24. The van der Waals surface area contributed by atoms with Crippen molar-refractivity contribution < 1.29 is 9.59 Å². The van der Waals surface area contributed by atoms with Crippen LogP contribution in [-0.4, -0.2) is 29.3 Å². The minimum atomic E-state index is -0.516. The number of hydrogen-bond donors (Lipinski definition) is 1. The Morgan fingerprint density at radius 2 is 2.14 bits per heavy atom. The fourth-order valence-electron chi connectivity index (χ4n) is 2.80. The Labute approximate surface area is 137 Å². The van der Waals surface area contributed by atoms with Crippen LogP contribution in [0.25, 0.3) is 0 Å². The quantitative estimate of drug-likeness (QED) is 0.938. The van der Waals surface area contributed by atoms with Crippen molar-refractivity contribution in [1.29, 1.82) is 0 Å². The van der Waals surface area contributed by atoms with Gasteiger partial charge in [-0.05, 0) is 48.7 Å². The van der Waals surface area contributed by atoms with E-state index in [0.717, 1.165) is 6.42 Å². The lowest BCUT2D eigenvalue weighted by Crippen LogP contribution is -2.49. The van der Waals surface area contributed by atoms with Crippen LogP contribution in [0.2, 0.25) is 0 Å². The summed E-state index contributed by atoms with van der Waals surface area (Å²) in [5.74, 6) is -0.203. The molecule has 0 radical (unpaired) electrons. The zero-order valence-corrected chi connectivity index (χ0v) is 14.2. The summed E-state index contributed by atoms with van der Waals surface area (Å²) in [7, 11) is 0. The molecule has 1 aliphatic heterocycles. The molecule has 0 saturated carbocycles. The average molecular weight is 334 g/mol. The van der Waals surface area contributed by atoms with Crippen molar-refractivity contribution in [2.45, 2.75) is 32.4 Å². The number of nitrogens with one attached hydrogen (secondary N) is 1. The lowest BCUT2D eigenvalue weighted by Gasteiger charge is -2.35. The molecule has 0 unspecified atom stereocenters. The van der Waals surface area contributed by atoms with Crippen LogP contribution in [0.1, 0.15) is 40.0 Å². The van der Waals surface area contributed by atoms with Crippen molar-refractivity contribution >= 4 is 34.5 Å². The van der Waals surface area contributed by atoms with Crippen molar-refractivity contribution in [1.82, 2.24) is 10.2 Å². The summed E-state index contributed by atoms with van der Waals surface area (Å²) < 4.78 is 0. The maximum Gasteiger partial charge on any atom is 0.261 e. The molecule has 6 heteroatoms. The van der Waals surface area contributed by atoms with Gasteiger partial charge in [0.1, 0.15) is 6.04 Å². The van der Waals surface area contributed by atoms with Gasteiger partial charge in [-0.1, -0.05) is 6.07 Å². The van der Waals surface area contributed by atoms with Crippen LogP contribution in [0.5, 0.6) is 0 Å². The largest absolute Gasteiger partial charge is 0.340 e. The number of carbonyl (C=O) groups is 2. The van der Waals surface area contributed by atoms with E-state index in [4.69, 9.17) is 0 Å². The van der Waals surface area contributed by atoms with Gasteiger partial charge in [-0.15, -0.1) is 22.7 Å². The van der Waals surface area contributed by atoms with E-state index in [9.17, 15) is 9.59 Å². The lowest BCUT2D eigenvalue weighted by molar-refractivity contribution is -0.135. The molecule has 1 aliphatic rings. The summed E-state index contributed by atoms with van der Waals surface area (Å²) in [6, 6.07) is 5.25. The Kier molecular flexibility index (Phi) is 4.31. The normalized spacial score (nSPS) is 18.6. The van der Waals surface area contributed by atoms with Gasteiger partial charge in [0.05, 0.1) is 10.9 Å². The van der Waals surface area contributed by atoms with Crippen LogP contribution >= 0.6 is 22.7 Å². The smallest absolute Gasteiger partial charge is 0.261 e. The molecule has 0 aromatic carbocycles. The molecule has 0 aliphatic carbocycles. The van der Waals surface area contributed by atoms with E-state index >= 15 is 0 Å². The first-order valence-electron chi connectivity index (χ1n) is 7.29. The molecule has 2 amide bonds. The van der Waals surface area contributed by atoms with Gasteiger partial charge in [0.2, 0.25) is 5.91 Å². The average Bonchev–Trinajstić information content (AvgIpc) is 3.18. The standard InChI is InChI=1S/C16H18N2O2S2/c1-10(17-15(19)14-4-3-8-21-14)16(20)18-7-5-13-12(11(18)2)6-9-22-13/h3-4,6,8-11H,5,7H2,1-2H3,(H,17,19)/t10-,11+/m0/s1. The number of thiophene rings is 2. The molecule has 3 heterocycles. The van der Waals surface area contributed by atoms with Crippen molar-refractivity contribution in [3.63, 3.8) is 0 Å². The molecule has 4 nitrogen and oxygen atoms in total. The summed E-state index contributed by atoms with van der Waals surface area (Å²) >= 11 is 3.13. The number of rotatable bonds is 3. The maximum absolute atomic E-state index is 12.7. The highest BCUT2D eigenvalue weighted by molar-refractivity contribution is 7.12. The van der Waals surface area contributed by atoms with E-state index in [1.54, 1.807) is 24.3 Å². The van der Waals surface area contributed by atoms with E-state index in [1.807, 2.05) is 16.3 Å². The van der Waals surface area contributed by atoms with Crippen molar-refractivity contribution in [2.75, 3.05) is 6.54 Å². The van der Waals surface area contributed by atoms with Gasteiger partial charge in [0, 0.05) is 11.4 Å². The molecule has 2 atom stereocenters. The summed E-state index contributed by atoms with van der Waals surface area (Å²) in [4.78, 5) is 28.6. The second kappa shape index (κ2) is 6.22. The molecular formula is C16H18N2O2S2. The molecule has 1 N–H and O–H groups in total. The second-order valence-electron chi connectivity index (χ2n) is 5.43. The predicted molar refractivity (Wildman–Crippen MR) is 89.4 cm³/mol. The molecule has 0 fully saturated rings. The fourth-order valence-corrected chi connectivity index (χ4v) is 4.39. The third-order valence-corrected chi connectivity index (χ3v) is 5.89. The van der Waals surface area contributed by atoms with Gasteiger partial charge in [0.25, 0.3) is 5.91 Å². The van der Waals surface area contributed by atoms with E-state index in [-0.39, 0.29) is 17.9 Å². The highest BCUT2D eigenvalue weighted by Crippen LogP contribution is 2.33. The number of hydrogen-bond acceptors (Lipinski definition) is 4. The van der Waals surface area contributed by atoms with Crippen LogP contribution in [0.3, 0.4) is 0 Å². The third-order valence-electron chi connectivity index (χ3n) is 4.02. The molecule has 0 saturated heterocycles. The van der Waals surface area contributed by atoms with E-state index in [1.165, 1.54) is 21.8 Å². The molecule has 2 aromatic heterocycles. The zero-order valence-electron chi connectivity index (χ0n) is 12.5. The topological polar surface area (TPSA) is 49.4 Å². The maximum atomic E-state index is 12.7. The Hall–Kier alpha value is -1.66. The Morgan fingerprint density at radius 3 is 2.86 bits per heavy atom. The SMILES string of the molecule is C[C@H](NC(=O)c1cccs1)C(=O)N1CCc2sccc2[C@H]1C. The van der Waals surface area contributed by atoms with Crippen LogP contribution in [0.15, 0.2) is 29.0 Å². The number of fused-ring (bicyclic) bond motifs is 1. The highest BCUT2D eigenvalue weighted by Gasteiger charge is 2.31. The Balaban J connectivity index is 1.67. The molecular weight excluding hydrogens is 316 g/mol. The predicted octanol–water partition coefficient (Wildman–Crippen LogP) is 3.07. The Morgan fingerprint density at radius 1 is 1.32 bits per heavy atom. The van der Waals surface area contributed by atoms with Gasteiger partial charge >= 0.3 is 0 Å². The van der Waals surface area contributed by atoms with Gasteiger partial charge < -0.3 is 10.2 Å². The van der Waals surface area contributed by atoms with Gasteiger partial charge in [0.15, 0.2) is 0 Å². The van der Waals surface area contributed by atoms with Gasteiger partial charge in [-0.2, -0.15) is 0 Å². The molecule has 22 heavy (non-hydrogen) atoms. The first-order chi connectivity index (χ1) is 10.6. The van der Waals surface area contributed by atoms with Crippen LogP contribution < -0.4 is 5.32 Å². The highest BCUT2D eigenvalue weighted by atomic mass is 32.1. The number of amides is 2. The minimum absolute atomic E-state index is 0.0192. The number of carbonyl (C=O) groups excluding carboxylic acids is 2. The van der Waals surface area contributed by atoms with E-state index < -0.39 is 6.04 Å². The summed E-state index contributed by atoms with van der Waals surface area (Å²) in [6.07, 6.45) is 0.897. The van der Waals surface area contributed by atoms with Crippen LogP contribution in [0.4, 0.5) is 0 Å². The second-order valence-corrected chi connectivity index (χ2v) is 7.38. The number of nitrogens with zero attached hydrogens (tertiary/aromatic N) is 1. The zero-order chi connectivity index (χ0) is 15.7. The van der Waals surface area contributed by atoms with Gasteiger partial charge in [-0.3, -0.25) is 9.59 Å². The van der Waals surface area contributed by atoms with Crippen molar-refractivity contribution in [2.24, 2.45) is 0 Å². The first-order valence-corrected chi connectivity index (χ1v) is 9.05. The first kappa shape index (κ1) is 15.2. The Bertz CT molecular complexity index is 678. The van der Waals surface area contributed by atoms with Crippen LogP contribution in [-0.2, 0) is 11.2 Å². The monoisotopic (exact) mass is 334 g/mol. The minimum Gasteiger partial charge on any atom is -0.340 e. The van der Waals surface area contributed by atoms with E-state index in [2.05, 4.69) is 23.7 Å². The summed E-state index contributed by atoms with van der Waals surface area (Å²) in [5, 5.41) is 6.73. The molecule has 0 bridgehead atoms. The molecule has 116 valence electrons.